The Hall–Kier alpha value is -3.82. The van der Waals surface area contributed by atoms with Crippen LogP contribution in [0.2, 0.25) is 5.02 Å². The Labute approximate surface area is 220 Å². The van der Waals surface area contributed by atoms with Gasteiger partial charge in [0.05, 0.1) is 24.4 Å². The number of nitrogens with one attached hydrogen (secondary N) is 1. The van der Waals surface area contributed by atoms with Gasteiger partial charge in [0.15, 0.2) is 11.5 Å². The van der Waals surface area contributed by atoms with Crippen molar-refractivity contribution in [3.63, 3.8) is 0 Å². The maximum absolute atomic E-state index is 13.2. The number of barbiturate groups is 1. The van der Waals surface area contributed by atoms with E-state index in [0.29, 0.717) is 38.0 Å². The van der Waals surface area contributed by atoms with Crippen LogP contribution in [0.3, 0.4) is 0 Å². The van der Waals surface area contributed by atoms with Crippen LogP contribution in [0.15, 0.2) is 70.7 Å². The van der Waals surface area contributed by atoms with Crippen LogP contribution in [0, 0.1) is 0 Å². The quantitative estimate of drug-likeness (QED) is 0.303. The molecule has 10 heteroatoms. The van der Waals surface area contributed by atoms with Gasteiger partial charge in [-0.15, -0.1) is 0 Å². The van der Waals surface area contributed by atoms with Gasteiger partial charge in [-0.1, -0.05) is 23.7 Å². The molecule has 0 saturated carbocycles. The van der Waals surface area contributed by atoms with Gasteiger partial charge >= 0.3 is 6.03 Å². The molecule has 8 nitrogen and oxygen atoms in total. The van der Waals surface area contributed by atoms with Crippen molar-refractivity contribution in [1.82, 2.24) is 5.32 Å². The highest BCUT2D eigenvalue weighted by molar-refractivity contribution is 9.10. The van der Waals surface area contributed by atoms with E-state index in [2.05, 4.69) is 21.2 Å². The molecule has 1 fully saturated rings. The molecule has 1 aliphatic rings. The summed E-state index contributed by atoms with van der Waals surface area (Å²) < 4.78 is 17.1. The van der Waals surface area contributed by atoms with Crippen molar-refractivity contribution in [1.29, 1.82) is 0 Å². The van der Waals surface area contributed by atoms with E-state index in [4.69, 9.17) is 25.8 Å². The summed E-state index contributed by atoms with van der Waals surface area (Å²) in [6.07, 6.45) is 1.38. The lowest BCUT2D eigenvalue weighted by Gasteiger charge is -2.26. The predicted molar refractivity (Wildman–Crippen MR) is 138 cm³/mol. The Kier molecular flexibility index (Phi) is 7.61. The number of ether oxygens (including phenoxy) is 3. The Balaban J connectivity index is 1.63. The van der Waals surface area contributed by atoms with Crippen LogP contribution in [-0.2, 0) is 16.2 Å². The summed E-state index contributed by atoms with van der Waals surface area (Å²) in [5.41, 5.74) is 1.43. The minimum Gasteiger partial charge on any atom is -0.497 e. The smallest absolute Gasteiger partial charge is 0.335 e. The lowest BCUT2D eigenvalue weighted by Crippen LogP contribution is -2.54. The lowest BCUT2D eigenvalue weighted by molar-refractivity contribution is -0.122. The van der Waals surface area contributed by atoms with E-state index in [1.54, 1.807) is 48.5 Å². The molecule has 0 unspecified atom stereocenters. The number of carbonyl (C=O) groups excluding carboxylic acids is 3. The molecule has 1 heterocycles. The molecule has 0 atom stereocenters. The van der Waals surface area contributed by atoms with Crippen LogP contribution in [0.25, 0.3) is 6.08 Å². The summed E-state index contributed by atoms with van der Waals surface area (Å²) in [5.74, 6) is -0.180. The van der Waals surface area contributed by atoms with Gasteiger partial charge in [0, 0.05) is 5.02 Å². The molecule has 36 heavy (non-hydrogen) atoms. The molecule has 4 rings (SSSR count). The highest BCUT2D eigenvalue weighted by Crippen LogP contribution is 2.38. The molecule has 0 radical (unpaired) electrons. The number of halogens is 2. The number of hydrogen-bond donors (Lipinski definition) is 1. The Morgan fingerprint density at radius 3 is 2.42 bits per heavy atom. The average Bonchev–Trinajstić information content (AvgIpc) is 2.86. The predicted octanol–water partition coefficient (Wildman–Crippen LogP) is 5.37. The molecule has 1 saturated heterocycles. The van der Waals surface area contributed by atoms with Crippen LogP contribution in [0.1, 0.15) is 11.1 Å². The third-order valence-corrected chi connectivity index (χ3v) is 6.09. The van der Waals surface area contributed by atoms with Gasteiger partial charge in [-0.25, -0.2) is 9.69 Å². The number of anilines is 1. The molecule has 184 valence electrons. The summed E-state index contributed by atoms with van der Waals surface area (Å²) in [6.45, 7) is 0.246. The van der Waals surface area contributed by atoms with Crippen LogP contribution < -0.4 is 24.4 Å². The molecule has 3 aromatic carbocycles. The SMILES string of the molecule is COc1ccc(N2C(=O)NC(=O)/C(=C\c3cc(Br)c(OCc4cccc(Cl)c4)c(OC)c3)C2=O)cc1. The minimum atomic E-state index is -0.837. The van der Waals surface area contributed by atoms with Gasteiger partial charge in [-0.2, -0.15) is 0 Å². The normalized spacial score (nSPS) is 14.6. The number of benzene rings is 3. The first-order valence-electron chi connectivity index (χ1n) is 10.6. The second-order valence-corrected chi connectivity index (χ2v) is 8.90. The van der Waals surface area contributed by atoms with Crippen molar-refractivity contribution in [2.24, 2.45) is 0 Å². The largest absolute Gasteiger partial charge is 0.497 e. The van der Waals surface area contributed by atoms with Crippen LogP contribution >= 0.6 is 27.5 Å². The number of rotatable bonds is 7. The summed E-state index contributed by atoms with van der Waals surface area (Å²) in [5, 5.41) is 2.80. The minimum absolute atomic E-state index is 0.216. The van der Waals surface area contributed by atoms with E-state index >= 15 is 0 Å². The van der Waals surface area contributed by atoms with Crippen molar-refractivity contribution in [2.45, 2.75) is 6.61 Å². The molecule has 1 aliphatic heterocycles. The zero-order valence-electron chi connectivity index (χ0n) is 19.2. The average molecular weight is 572 g/mol. The van der Waals surface area contributed by atoms with E-state index < -0.39 is 17.8 Å². The third kappa shape index (κ3) is 5.37. The number of nitrogens with zero attached hydrogens (tertiary/aromatic N) is 1. The molecule has 4 amide bonds. The van der Waals surface area contributed by atoms with Crippen molar-refractivity contribution in [3.05, 3.63) is 86.9 Å². The highest BCUT2D eigenvalue weighted by Gasteiger charge is 2.36. The topological polar surface area (TPSA) is 94.2 Å². The monoisotopic (exact) mass is 570 g/mol. The Morgan fingerprint density at radius 1 is 1.00 bits per heavy atom. The van der Waals surface area contributed by atoms with Crippen molar-refractivity contribution >= 4 is 57.1 Å². The zero-order chi connectivity index (χ0) is 25.8. The second-order valence-electron chi connectivity index (χ2n) is 7.61. The zero-order valence-corrected chi connectivity index (χ0v) is 21.6. The van der Waals surface area contributed by atoms with Gasteiger partial charge in [-0.3, -0.25) is 14.9 Å². The summed E-state index contributed by atoms with van der Waals surface area (Å²) in [7, 11) is 2.99. The highest BCUT2D eigenvalue weighted by atomic mass is 79.9. The van der Waals surface area contributed by atoms with E-state index in [9.17, 15) is 14.4 Å². The lowest BCUT2D eigenvalue weighted by atomic mass is 10.1. The molecule has 0 aliphatic carbocycles. The van der Waals surface area contributed by atoms with Crippen molar-refractivity contribution < 1.29 is 28.6 Å². The molecule has 1 N–H and O–H groups in total. The van der Waals surface area contributed by atoms with Gasteiger partial charge in [0.25, 0.3) is 11.8 Å². The van der Waals surface area contributed by atoms with Gasteiger partial charge in [-0.05, 0) is 81.7 Å². The molecular formula is C26H20BrClN2O6. The fraction of sp³-hybridized carbons (Fsp3) is 0.115. The number of carbonyl (C=O) groups is 3. The maximum Gasteiger partial charge on any atom is 0.335 e. The summed E-state index contributed by atoms with van der Waals surface area (Å²) in [6, 6.07) is 16.1. The van der Waals surface area contributed by atoms with Crippen LogP contribution in [-0.4, -0.2) is 32.1 Å². The Bertz CT molecular complexity index is 1370. The molecule has 0 aromatic heterocycles. The maximum atomic E-state index is 13.2. The molecule has 3 aromatic rings. The van der Waals surface area contributed by atoms with Crippen LogP contribution in [0.4, 0.5) is 10.5 Å². The van der Waals surface area contributed by atoms with E-state index in [0.717, 1.165) is 10.5 Å². The first kappa shape index (κ1) is 25.3. The Morgan fingerprint density at radius 2 is 1.75 bits per heavy atom. The molecular weight excluding hydrogens is 552 g/mol. The number of amides is 4. The van der Waals surface area contributed by atoms with Gasteiger partial charge in [0.1, 0.15) is 17.9 Å². The van der Waals surface area contributed by atoms with Crippen molar-refractivity contribution in [3.8, 4) is 17.2 Å². The fourth-order valence-electron chi connectivity index (χ4n) is 3.54. The number of hydrogen-bond acceptors (Lipinski definition) is 6. The summed E-state index contributed by atoms with van der Waals surface area (Å²) >= 11 is 9.51. The first-order valence-corrected chi connectivity index (χ1v) is 11.8. The van der Waals surface area contributed by atoms with Crippen molar-refractivity contribution in [2.75, 3.05) is 19.1 Å². The van der Waals surface area contributed by atoms with Gasteiger partial charge < -0.3 is 14.2 Å². The van der Waals surface area contributed by atoms with Crippen LogP contribution in [0.5, 0.6) is 17.2 Å². The summed E-state index contributed by atoms with van der Waals surface area (Å²) in [4.78, 5) is 39.0. The third-order valence-electron chi connectivity index (χ3n) is 5.27. The second kappa shape index (κ2) is 10.8. The number of imide groups is 2. The van der Waals surface area contributed by atoms with E-state index in [1.807, 2.05) is 12.1 Å². The number of urea groups is 1. The first-order chi connectivity index (χ1) is 17.3. The number of methoxy groups -OCH3 is 2. The van der Waals surface area contributed by atoms with E-state index in [1.165, 1.54) is 20.3 Å². The van der Waals surface area contributed by atoms with E-state index in [-0.39, 0.29) is 12.2 Å². The standard InChI is InChI=1S/C26H20BrClN2O6/c1-34-19-8-6-18(7-9-19)30-25(32)20(24(31)29-26(30)33)11-16-12-21(27)23(22(13-16)35-2)36-14-15-4-3-5-17(28)10-15/h3-13H,14H2,1-2H3,(H,29,31,33)/b20-11+. The fourth-order valence-corrected chi connectivity index (χ4v) is 4.32. The molecule has 0 spiro atoms. The molecule has 0 bridgehead atoms. The van der Waals surface area contributed by atoms with Gasteiger partial charge in [0.2, 0.25) is 0 Å².